The summed E-state index contributed by atoms with van der Waals surface area (Å²) in [5.41, 5.74) is 0.773. The molecule has 37 heavy (non-hydrogen) atoms. The smallest absolute Gasteiger partial charge is 0.252 e. The molecule has 2 aromatic rings. The fraction of sp³-hybridized carbons (Fsp3) is 0.375. The van der Waals surface area contributed by atoms with Crippen LogP contribution in [0.3, 0.4) is 0 Å². The molecule has 13 heteroatoms. The van der Waals surface area contributed by atoms with Gasteiger partial charge in [-0.2, -0.15) is 4.31 Å². The fourth-order valence-corrected chi connectivity index (χ4v) is 6.63. The largest absolute Gasteiger partial charge is 0.379 e. The van der Waals surface area contributed by atoms with Gasteiger partial charge in [0.25, 0.3) is 5.91 Å². The number of amides is 3. The van der Waals surface area contributed by atoms with Crippen LogP contribution in [-0.4, -0.2) is 80.8 Å². The minimum atomic E-state index is -4.31. The Bertz CT molecular complexity index is 1300. The van der Waals surface area contributed by atoms with Crippen molar-refractivity contribution in [3.05, 3.63) is 52.5 Å². The molecule has 1 N–H and O–H groups in total. The number of hydrogen-bond acceptors (Lipinski definition) is 7. The van der Waals surface area contributed by atoms with Crippen LogP contribution in [0, 0.1) is 0 Å². The summed E-state index contributed by atoms with van der Waals surface area (Å²) in [6, 6.07) is 8.98. The van der Waals surface area contributed by atoms with Crippen LogP contribution in [0.25, 0.3) is 0 Å². The summed E-state index contributed by atoms with van der Waals surface area (Å²) in [5, 5.41) is 2.75. The number of imide groups is 1. The van der Waals surface area contributed by atoms with Gasteiger partial charge >= 0.3 is 0 Å². The summed E-state index contributed by atoms with van der Waals surface area (Å²) in [6.07, 6.45) is -0.327. The van der Waals surface area contributed by atoms with E-state index in [0.717, 1.165) is 9.21 Å². The van der Waals surface area contributed by atoms with Crippen LogP contribution in [0.4, 0.5) is 11.4 Å². The zero-order valence-corrected chi connectivity index (χ0v) is 22.4. The Kier molecular flexibility index (Phi) is 8.52. The average Bonchev–Trinajstić information content (AvgIpc) is 3.14. The average molecular weight is 569 g/mol. The van der Waals surface area contributed by atoms with Crippen molar-refractivity contribution in [3.8, 4) is 0 Å². The summed E-state index contributed by atoms with van der Waals surface area (Å²) >= 11 is 12.3. The zero-order valence-electron chi connectivity index (χ0n) is 20.0. The van der Waals surface area contributed by atoms with E-state index in [1.807, 2.05) is 4.90 Å². The van der Waals surface area contributed by atoms with E-state index in [1.54, 1.807) is 12.1 Å². The molecule has 0 radical (unpaired) electrons. The van der Waals surface area contributed by atoms with Gasteiger partial charge in [0.15, 0.2) is 0 Å². The first-order valence-electron chi connectivity index (χ1n) is 11.6. The maximum absolute atomic E-state index is 13.8. The van der Waals surface area contributed by atoms with E-state index in [1.165, 1.54) is 37.3 Å². The van der Waals surface area contributed by atoms with Gasteiger partial charge in [0, 0.05) is 43.8 Å². The quantitative estimate of drug-likeness (QED) is 0.486. The Morgan fingerprint density at radius 1 is 1.11 bits per heavy atom. The number of ether oxygens (including phenoxy) is 1. The molecular weight excluding hydrogens is 543 g/mol. The first-order chi connectivity index (χ1) is 17.6. The van der Waals surface area contributed by atoms with E-state index in [2.05, 4.69) is 5.32 Å². The fourth-order valence-electron chi connectivity index (χ4n) is 4.32. The van der Waals surface area contributed by atoms with Gasteiger partial charge in [-0.3, -0.25) is 19.3 Å². The van der Waals surface area contributed by atoms with Crippen LogP contribution in [0.1, 0.15) is 13.3 Å². The molecule has 10 nitrogen and oxygen atoms in total. The Morgan fingerprint density at radius 3 is 2.43 bits per heavy atom. The second-order valence-electron chi connectivity index (χ2n) is 8.66. The van der Waals surface area contributed by atoms with Crippen molar-refractivity contribution in [2.45, 2.75) is 24.3 Å². The van der Waals surface area contributed by atoms with Crippen LogP contribution in [0.2, 0.25) is 10.0 Å². The molecule has 1 unspecified atom stereocenters. The monoisotopic (exact) mass is 568 g/mol. The molecule has 0 aromatic heterocycles. The SMILES string of the molecule is CC(=O)Nc1ccc(N2C(=O)CC(N(CCN3CCOCC3)S(=O)(=O)c3cc(Cl)ccc3Cl)C2=O)cc1. The van der Waals surface area contributed by atoms with Crippen LogP contribution >= 0.6 is 23.2 Å². The third-order valence-electron chi connectivity index (χ3n) is 6.14. The number of sulfonamides is 1. The van der Waals surface area contributed by atoms with Gasteiger partial charge in [-0.1, -0.05) is 23.2 Å². The first kappa shape index (κ1) is 27.5. The van der Waals surface area contributed by atoms with E-state index < -0.39 is 27.9 Å². The van der Waals surface area contributed by atoms with Crippen molar-refractivity contribution in [2.24, 2.45) is 0 Å². The van der Waals surface area contributed by atoms with Gasteiger partial charge in [-0.05, 0) is 42.5 Å². The van der Waals surface area contributed by atoms with Crippen LogP contribution in [0.5, 0.6) is 0 Å². The molecule has 4 rings (SSSR count). The summed E-state index contributed by atoms with van der Waals surface area (Å²) < 4.78 is 34.1. The molecule has 0 aliphatic carbocycles. The number of hydrogen-bond donors (Lipinski definition) is 1. The first-order valence-corrected chi connectivity index (χ1v) is 13.8. The van der Waals surface area contributed by atoms with E-state index in [9.17, 15) is 22.8 Å². The van der Waals surface area contributed by atoms with E-state index in [4.69, 9.17) is 27.9 Å². The van der Waals surface area contributed by atoms with Crippen molar-refractivity contribution < 1.29 is 27.5 Å². The van der Waals surface area contributed by atoms with Crippen molar-refractivity contribution >= 4 is 62.3 Å². The topological polar surface area (TPSA) is 116 Å². The molecule has 2 saturated heterocycles. The van der Waals surface area contributed by atoms with Gasteiger partial charge in [0.05, 0.1) is 30.3 Å². The Hall–Kier alpha value is -2.54. The highest BCUT2D eigenvalue weighted by molar-refractivity contribution is 7.89. The second kappa shape index (κ2) is 11.5. The second-order valence-corrected chi connectivity index (χ2v) is 11.4. The minimum Gasteiger partial charge on any atom is -0.379 e. The van der Waals surface area contributed by atoms with Gasteiger partial charge < -0.3 is 10.1 Å². The molecule has 2 fully saturated rings. The van der Waals surface area contributed by atoms with Crippen LogP contribution in [0.15, 0.2) is 47.4 Å². The number of carbonyl (C=O) groups is 3. The predicted molar refractivity (Wildman–Crippen MR) is 139 cm³/mol. The minimum absolute atomic E-state index is 0.0375. The standard InChI is InChI=1S/C24H26Cl2N4O6S/c1-16(31)27-18-3-5-19(6-4-18)30-23(32)15-21(24(30)33)29(9-8-28-10-12-36-13-11-28)37(34,35)22-14-17(25)2-7-20(22)26/h2-7,14,21H,8-13,15H2,1H3,(H,27,31). The number of anilines is 2. The number of rotatable bonds is 8. The maximum atomic E-state index is 13.8. The highest BCUT2D eigenvalue weighted by Crippen LogP contribution is 2.33. The molecule has 0 saturated carbocycles. The van der Waals surface area contributed by atoms with Crippen LogP contribution < -0.4 is 10.2 Å². The summed E-state index contributed by atoms with van der Waals surface area (Å²) in [7, 11) is -4.31. The third-order valence-corrected chi connectivity index (χ3v) is 8.76. The van der Waals surface area contributed by atoms with Crippen molar-refractivity contribution in [3.63, 3.8) is 0 Å². The van der Waals surface area contributed by atoms with E-state index in [0.29, 0.717) is 38.5 Å². The lowest BCUT2D eigenvalue weighted by Crippen LogP contribution is -2.49. The summed E-state index contributed by atoms with van der Waals surface area (Å²) in [5.74, 6) is -1.46. The molecule has 198 valence electrons. The molecule has 3 amide bonds. The van der Waals surface area contributed by atoms with Gasteiger partial charge in [0.2, 0.25) is 21.8 Å². The third kappa shape index (κ3) is 6.14. The number of halogens is 2. The molecule has 0 bridgehead atoms. The summed E-state index contributed by atoms with van der Waals surface area (Å²) in [4.78, 5) is 40.6. The normalized spacial score (nSPS) is 19.0. The lowest BCUT2D eigenvalue weighted by molar-refractivity contribution is -0.122. The number of carbonyl (C=O) groups excluding carboxylic acids is 3. The number of nitrogens with zero attached hydrogens (tertiary/aromatic N) is 3. The number of benzene rings is 2. The predicted octanol–water partition coefficient (Wildman–Crippen LogP) is 2.61. The van der Waals surface area contributed by atoms with Crippen molar-refractivity contribution in [1.82, 2.24) is 9.21 Å². The molecule has 0 spiro atoms. The molecule has 2 aromatic carbocycles. The van der Waals surface area contributed by atoms with Gasteiger partial charge in [-0.15, -0.1) is 0 Å². The van der Waals surface area contributed by atoms with Crippen molar-refractivity contribution in [2.75, 3.05) is 49.6 Å². The lowest BCUT2D eigenvalue weighted by Gasteiger charge is -2.31. The lowest BCUT2D eigenvalue weighted by atomic mass is 10.2. The Labute approximate surface area is 225 Å². The number of morpholine rings is 1. The van der Waals surface area contributed by atoms with E-state index >= 15 is 0 Å². The zero-order chi connectivity index (χ0) is 26.7. The Balaban J connectivity index is 1.65. The molecule has 2 aliphatic rings. The number of nitrogens with one attached hydrogen (secondary N) is 1. The van der Waals surface area contributed by atoms with Crippen LogP contribution in [-0.2, 0) is 29.1 Å². The molecule has 2 heterocycles. The van der Waals surface area contributed by atoms with Gasteiger partial charge in [-0.25, -0.2) is 13.3 Å². The Morgan fingerprint density at radius 2 is 1.78 bits per heavy atom. The van der Waals surface area contributed by atoms with E-state index in [-0.39, 0.29) is 39.5 Å². The molecule has 2 aliphatic heterocycles. The maximum Gasteiger partial charge on any atom is 0.252 e. The van der Waals surface area contributed by atoms with Gasteiger partial charge in [0.1, 0.15) is 10.9 Å². The van der Waals surface area contributed by atoms with Crippen molar-refractivity contribution in [1.29, 1.82) is 0 Å². The highest BCUT2D eigenvalue weighted by Gasteiger charge is 2.47. The highest BCUT2D eigenvalue weighted by atomic mass is 35.5. The molecule has 1 atom stereocenters. The summed E-state index contributed by atoms with van der Waals surface area (Å²) in [6.45, 7) is 3.96. The molecular formula is C24H26Cl2N4O6S.